The summed E-state index contributed by atoms with van der Waals surface area (Å²) >= 11 is 0. The van der Waals surface area contributed by atoms with E-state index in [9.17, 15) is 19.7 Å². The van der Waals surface area contributed by atoms with Gasteiger partial charge in [0.25, 0.3) is 11.6 Å². The predicted molar refractivity (Wildman–Crippen MR) is 94.6 cm³/mol. The molecule has 0 radical (unpaired) electrons. The van der Waals surface area contributed by atoms with Crippen molar-refractivity contribution in [3.63, 3.8) is 0 Å². The third-order valence-corrected chi connectivity index (χ3v) is 3.81. The molecule has 9 nitrogen and oxygen atoms in total. The van der Waals surface area contributed by atoms with Gasteiger partial charge in [-0.25, -0.2) is 0 Å². The fourth-order valence-corrected chi connectivity index (χ4v) is 2.46. The lowest BCUT2D eigenvalue weighted by molar-refractivity contribution is -0.384. The Morgan fingerprint density at radius 1 is 1.22 bits per heavy atom. The molecule has 0 aromatic heterocycles. The number of rotatable bonds is 6. The van der Waals surface area contributed by atoms with Gasteiger partial charge in [0.2, 0.25) is 0 Å². The third-order valence-electron chi connectivity index (χ3n) is 3.81. The van der Waals surface area contributed by atoms with Crippen molar-refractivity contribution in [3.8, 4) is 17.2 Å². The highest BCUT2D eigenvalue weighted by atomic mass is 16.6. The van der Waals surface area contributed by atoms with E-state index in [-0.39, 0.29) is 17.0 Å². The number of nitro benzene ring substituents is 1. The van der Waals surface area contributed by atoms with Gasteiger partial charge in [-0.05, 0) is 25.1 Å². The first-order valence-corrected chi connectivity index (χ1v) is 8.08. The summed E-state index contributed by atoms with van der Waals surface area (Å²) in [5.74, 6) is 0.763. The molecule has 9 heteroatoms. The van der Waals surface area contributed by atoms with E-state index in [1.807, 2.05) is 0 Å². The van der Waals surface area contributed by atoms with Crippen LogP contribution in [0.5, 0.6) is 17.2 Å². The molecule has 1 aliphatic rings. The van der Waals surface area contributed by atoms with E-state index in [0.29, 0.717) is 36.7 Å². The number of ether oxygens (including phenoxy) is 3. The number of anilines is 1. The first kappa shape index (κ1) is 18.2. The standard InChI is InChI=1S/C18H16N2O7/c1-11(27-15-5-3-14(20(23)24)8-12(15)10-21)18(22)19-13-2-4-16-17(9-13)26-7-6-25-16/h2-5,8-11H,6-7H2,1H3,(H,19,22)/t11-/m1/s1. The van der Waals surface area contributed by atoms with Crippen molar-refractivity contribution in [1.29, 1.82) is 0 Å². The van der Waals surface area contributed by atoms with Gasteiger partial charge < -0.3 is 19.5 Å². The number of fused-ring (bicyclic) bond motifs is 1. The van der Waals surface area contributed by atoms with Crippen LogP contribution in [0.2, 0.25) is 0 Å². The molecule has 140 valence electrons. The number of nitrogens with one attached hydrogen (secondary N) is 1. The number of carbonyl (C=O) groups excluding carboxylic acids is 2. The Balaban J connectivity index is 1.69. The zero-order valence-corrected chi connectivity index (χ0v) is 14.3. The number of nitro groups is 1. The van der Waals surface area contributed by atoms with Gasteiger partial charge in [0.15, 0.2) is 23.9 Å². The first-order valence-electron chi connectivity index (χ1n) is 8.08. The summed E-state index contributed by atoms with van der Waals surface area (Å²) in [5.41, 5.74) is 0.250. The molecule has 0 bridgehead atoms. The van der Waals surface area contributed by atoms with Gasteiger partial charge in [-0.3, -0.25) is 19.7 Å². The number of hydrogen-bond donors (Lipinski definition) is 1. The van der Waals surface area contributed by atoms with E-state index in [1.165, 1.54) is 19.1 Å². The van der Waals surface area contributed by atoms with Gasteiger partial charge in [-0.1, -0.05) is 0 Å². The molecule has 0 unspecified atom stereocenters. The number of aldehydes is 1. The fraction of sp³-hybridized carbons (Fsp3) is 0.222. The van der Waals surface area contributed by atoms with Crippen molar-refractivity contribution < 1.29 is 28.7 Å². The lowest BCUT2D eigenvalue weighted by atomic mass is 10.2. The molecule has 27 heavy (non-hydrogen) atoms. The lowest BCUT2D eigenvalue weighted by Gasteiger charge is -2.20. The molecular formula is C18H16N2O7. The molecule has 0 fully saturated rings. The van der Waals surface area contributed by atoms with Crippen molar-refractivity contribution in [2.24, 2.45) is 0 Å². The summed E-state index contributed by atoms with van der Waals surface area (Å²) in [6.45, 7) is 2.40. The van der Waals surface area contributed by atoms with Crippen molar-refractivity contribution in [2.45, 2.75) is 13.0 Å². The smallest absolute Gasteiger partial charge is 0.270 e. The van der Waals surface area contributed by atoms with Crippen LogP contribution < -0.4 is 19.5 Å². The second kappa shape index (κ2) is 7.73. The van der Waals surface area contributed by atoms with E-state index in [2.05, 4.69) is 5.32 Å². The normalized spacial score (nSPS) is 13.4. The van der Waals surface area contributed by atoms with E-state index in [4.69, 9.17) is 14.2 Å². The maximum absolute atomic E-state index is 12.4. The number of carbonyl (C=O) groups is 2. The van der Waals surface area contributed by atoms with Crippen molar-refractivity contribution >= 4 is 23.6 Å². The van der Waals surface area contributed by atoms with Gasteiger partial charge in [0, 0.05) is 23.9 Å². The molecular weight excluding hydrogens is 356 g/mol. The Bertz CT molecular complexity index is 897. The van der Waals surface area contributed by atoms with Crippen LogP contribution >= 0.6 is 0 Å². The second-order valence-electron chi connectivity index (χ2n) is 5.70. The highest BCUT2D eigenvalue weighted by molar-refractivity contribution is 5.94. The summed E-state index contributed by atoms with van der Waals surface area (Å²) in [4.78, 5) is 33.7. The molecule has 2 aromatic carbocycles. The maximum atomic E-state index is 12.4. The molecule has 0 saturated heterocycles. The van der Waals surface area contributed by atoms with Crippen LogP contribution in [-0.4, -0.2) is 36.4 Å². The molecule has 1 heterocycles. The van der Waals surface area contributed by atoms with Gasteiger partial charge in [0.1, 0.15) is 19.0 Å². The van der Waals surface area contributed by atoms with Gasteiger partial charge in [-0.15, -0.1) is 0 Å². The van der Waals surface area contributed by atoms with E-state index < -0.39 is 16.9 Å². The zero-order chi connectivity index (χ0) is 19.4. The lowest BCUT2D eigenvalue weighted by Crippen LogP contribution is -2.30. The highest BCUT2D eigenvalue weighted by Gasteiger charge is 2.19. The number of nitrogens with zero attached hydrogens (tertiary/aromatic N) is 1. The summed E-state index contributed by atoms with van der Waals surface area (Å²) in [6.07, 6.45) is -0.508. The summed E-state index contributed by atoms with van der Waals surface area (Å²) in [5, 5.41) is 13.5. The molecule has 1 amide bonds. The van der Waals surface area contributed by atoms with Gasteiger partial charge in [0.05, 0.1) is 10.5 Å². The van der Waals surface area contributed by atoms with Crippen LogP contribution in [-0.2, 0) is 4.79 Å². The zero-order valence-electron chi connectivity index (χ0n) is 14.3. The molecule has 0 spiro atoms. The Morgan fingerprint density at radius 3 is 2.67 bits per heavy atom. The quantitative estimate of drug-likeness (QED) is 0.470. The molecule has 0 aliphatic carbocycles. The first-order chi connectivity index (χ1) is 13.0. The third kappa shape index (κ3) is 4.14. The van der Waals surface area contributed by atoms with Crippen molar-refractivity contribution in [3.05, 3.63) is 52.1 Å². The molecule has 1 aliphatic heterocycles. The average molecular weight is 372 g/mol. The van der Waals surface area contributed by atoms with Crippen molar-refractivity contribution in [1.82, 2.24) is 0 Å². The summed E-state index contributed by atoms with van der Waals surface area (Å²) < 4.78 is 16.4. The van der Waals surface area contributed by atoms with Gasteiger partial charge in [-0.2, -0.15) is 0 Å². The Labute approximate surface area is 154 Å². The second-order valence-corrected chi connectivity index (χ2v) is 5.70. The number of hydrogen-bond acceptors (Lipinski definition) is 7. The fourth-order valence-electron chi connectivity index (χ4n) is 2.46. The molecule has 0 saturated carbocycles. The monoisotopic (exact) mass is 372 g/mol. The Hall–Kier alpha value is -3.62. The maximum Gasteiger partial charge on any atom is 0.270 e. The van der Waals surface area contributed by atoms with E-state index in [0.717, 1.165) is 6.07 Å². The molecule has 1 N–H and O–H groups in total. The number of non-ortho nitro benzene ring substituents is 1. The van der Waals surface area contributed by atoms with Crippen LogP contribution in [0.25, 0.3) is 0 Å². The topological polar surface area (TPSA) is 117 Å². The minimum atomic E-state index is -0.946. The Kier molecular flexibility index (Phi) is 5.20. The number of amides is 1. The largest absolute Gasteiger partial charge is 0.486 e. The summed E-state index contributed by atoms with van der Waals surface area (Å²) in [6, 6.07) is 8.58. The minimum Gasteiger partial charge on any atom is -0.486 e. The SMILES string of the molecule is C[C@@H](Oc1ccc([N+](=O)[O-])cc1C=O)C(=O)Nc1ccc2c(c1)OCCO2. The van der Waals surface area contributed by atoms with Crippen LogP contribution in [0.15, 0.2) is 36.4 Å². The molecule has 3 rings (SSSR count). The minimum absolute atomic E-state index is 0.0109. The average Bonchev–Trinajstić information content (AvgIpc) is 2.67. The van der Waals surface area contributed by atoms with Gasteiger partial charge >= 0.3 is 0 Å². The van der Waals surface area contributed by atoms with Crippen molar-refractivity contribution in [2.75, 3.05) is 18.5 Å². The van der Waals surface area contributed by atoms with E-state index in [1.54, 1.807) is 18.2 Å². The van der Waals surface area contributed by atoms with Crippen LogP contribution in [0.3, 0.4) is 0 Å². The highest BCUT2D eigenvalue weighted by Crippen LogP contribution is 2.32. The van der Waals surface area contributed by atoms with Crippen LogP contribution in [0.1, 0.15) is 17.3 Å². The molecule has 2 aromatic rings. The number of benzene rings is 2. The summed E-state index contributed by atoms with van der Waals surface area (Å²) in [7, 11) is 0. The van der Waals surface area contributed by atoms with E-state index >= 15 is 0 Å². The molecule has 1 atom stereocenters. The Morgan fingerprint density at radius 2 is 1.96 bits per heavy atom. The van der Waals surface area contributed by atoms with Crippen LogP contribution in [0.4, 0.5) is 11.4 Å². The van der Waals surface area contributed by atoms with Crippen LogP contribution in [0, 0.1) is 10.1 Å². The predicted octanol–water partition coefficient (Wildman–Crippen LogP) is 2.58.